The first kappa shape index (κ1) is 16.2. The molecule has 108 valence electrons. The SMILES string of the molecule is CCSCC(C)Nc1ccc(S(=O)(=O)C(F)F)cc1. The first-order valence-electron chi connectivity index (χ1n) is 5.84. The van der Waals surface area contributed by atoms with Crippen molar-refractivity contribution >= 4 is 27.3 Å². The quantitative estimate of drug-likeness (QED) is 0.840. The Kier molecular flexibility index (Phi) is 6.06. The molecule has 0 fully saturated rings. The van der Waals surface area contributed by atoms with E-state index in [4.69, 9.17) is 0 Å². The van der Waals surface area contributed by atoms with E-state index in [0.29, 0.717) is 0 Å². The Morgan fingerprint density at radius 3 is 2.32 bits per heavy atom. The van der Waals surface area contributed by atoms with Crippen molar-refractivity contribution in [3.05, 3.63) is 24.3 Å². The largest absolute Gasteiger partial charge is 0.382 e. The average molecular weight is 309 g/mol. The third kappa shape index (κ3) is 4.65. The molecule has 0 aliphatic carbocycles. The van der Waals surface area contributed by atoms with Gasteiger partial charge in [0.1, 0.15) is 0 Å². The van der Waals surface area contributed by atoms with Gasteiger partial charge in [0.2, 0.25) is 9.84 Å². The molecule has 0 saturated heterocycles. The molecular formula is C12H17F2NO2S2. The van der Waals surface area contributed by atoms with Gasteiger partial charge in [-0.1, -0.05) is 6.92 Å². The number of alkyl halides is 2. The van der Waals surface area contributed by atoms with Gasteiger partial charge in [-0.2, -0.15) is 20.5 Å². The lowest BCUT2D eigenvalue weighted by Crippen LogP contribution is -2.18. The molecule has 0 aliphatic rings. The first-order chi connectivity index (χ1) is 8.87. The maximum Gasteiger partial charge on any atom is 0.341 e. The molecule has 1 atom stereocenters. The molecule has 0 saturated carbocycles. The van der Waals surface area contributed by atoms with E-state index in [2.05, 4.69) is 12.2 Å². The number of sulfone groups is 1. The van der Waals surface area contributed by atoms with Gasteiger partial charge in [0.05, 0.1) is 4.90 Å². The summed E-state index contributed by atoms with van der Waals surface area (Å²) in [6, 6.07) is 5.63. The van der Waals surface area contributed by atoms with E-state index >= 15 is 0 Å². The van der Waals surface area contributed by atoms with Crippen LogP contribution in [0.1, 0.15) is 13.8 Å². The predicted octanol–water partition coefficient (Wildman–Crippen LogP) is 3.24. The summed E-state index contributed by atoms with van der Waals surface area (Å²) in [6.07, 6.45) is 0. The second kappa shape index (κ2) is 7.09. The Bertz CT molecular complexity index is 489. The fourth-order valence-corrected chi connectivity index (χ4v) is 2.86. The number of nitrogens with one attached hydrogen (secondary N) is 1. The van der Waals surface area contributed by atoms with Gasteiger partial charge < -0.3 is 5.32 Å². The summed E-state index contributed by atoms with van der Waals surface area (Å²) in [7, 11) is -4.50. The van der Waals surface area contributed by atoms with E-state index in [9.17, 15) is 17.2 Å². The number of hydrogen-bond acceptors (Lipinski definition) is 4. The molecule has 0 radical (unpaired) electrons. The molecule has 1 rings (SSSR count). The van der Waals surface area contributed by atoms with Gasteiger partial charge in [-0.3, -0.25) is 0 Å². The van der Waals surface area contributed by atoms with Gasteiger partial charge in [-0.05, 0) is 36.9 Å². The normalized spacial score (nSPS) is 13.5. The van der Waals surface area contributed by atoms with Gasteiger partial charge in [-0.25, -0.2) is 8.42 Å². The van der Waals surface area contributed by atoms with Crippen molar-refractivity contribution in [3.63, 3.8) is 0 Å². The molecule has 0 spiro atoms. The monoisotopic (exact) mass is 309 g/mol. The molecular weight excluding hydrogens is 292 g/mol. The van der Waals surface area contributed by atoms with Crippen LogP contribution in [0.4, 0.5) is 14.5 Å². The van der Waals surface area contributed by atoms with E-state index in [0.717, 1.165) is 17.2 Å². The van der Waals surface area contributed by atoms with Gasteiger partial charge in [0.15, 0.2) is 0 Å². The molecule has 3 nitrogen and oxygen atoms in total. The Labute approximate surface area is 116 Å². The Morgan fingerprint density at radius 1 is 1.26 bits per heavy atom. The van der Waals surface area contributed by atoms with Crippen molar-refractivity contribution in [2.75, 3.05) is 16.8 Å². The topological polar surface area (TPSA) is 46.2 Å². The third-order valence-corrected chi connectivity index (χ3v) is 4.94. The lowest BCUT2D eigenvalue weighted by atomic mass is 10.3. The maximum absolute atomic E-state index is 12.3. The van der Waals surface area contributed by atoms with Crippen LogP contribution in [-0.2, 0) is 9.84 Å². The van der Waals surface area contributed by atoms with Crippen molar-refractivity contribution in [1.82, 2.24) is 0 Å². The second-order valence-electron chi connectivity index (χ2n) is 4.03. The van der Waals surface area contributed by atoms with Crippen molar-refractivity contribution in [2.24, 2.45) is 0 Å². The average Bonchev–Trinajstić information content (AvgIpc) is 2.36. The van der Waals surface area contributed by atoms with Gasteiger partial charge in [-0.15, -0.1) is 0 Å². The molecule has 0 heterocycles. The van der Waals surface area contributed by atoms with Crippen molar-refractivity contribution in [2.45, 2.75) is 30.5 Å². The van der Waals surface area contributed by atoms with Crippen LogP contribution >= 0.6 is 11.8 Å². The van der Waals surface area contributed by atoms with Crippen LogP contribution in [0.2, 0.25) is 0 Å². The number of benzene rings is 1. The van der Waals surface area contributed by atoms with E-state index in [1.165, 1.54) is 24.3 Å². The highest BCUT2D eigenvalue weighted by Gasteiger charge is 2.26. The van der Waals surface area contributed by atoms with Gasteiger partial charge in [0.25, 0.3) is 0 Å². The summed E-state index contributed by atoms with van der Waals surface area (Å²) in [5, 5.41) is 3.18. The fraction of sp³-hybridized carbons (Fsp3) is 0.500. The van der Waals surface area contributed by atoms with Crippen LogP contribution in [0.15, 0.2) is 29.2 Å². The number of rotatable bonds is 7. The third-order valence-electron chi connectivity index (χ3n) is 2.40. The second-order valence-corrected chi connectivity index (χ2v) is 7.27. The standard InChI is InChI=1S/C12H17F2NO2S2/c1-3-18-8-9(2)15-10-4-6-11(7-5-10)19(16,17)12(13)14/h4-7,9,12,15H,3,8H2,1-2H3. The predicted molar refractivity (Wildman–Crippen MR) is 75.7 cm³/mol. The molecule has 1 unspecified atom stereocenters. The minimum absolute atomic E-state index is 0.225. The van der Waals surface area contributed by atoms with E-state index in [1.807, 2.05) is 6.92 Å². The number of hydrogen-bond donors (Lipinski definition) is 1. The number of anilines is 1. The highest BCUT2D eigenvalue weighted by molar-refractivity contribution is 7.99. The van der Waals surface area contributed by atoms with E-state index in [1.54, 1.807) is 11.8 Å². The minimum Gasteiger partial charge on any atom is -0.382 e. The van der Waals surface area contributed by atoms with E-state index in [-0.39, 0.29) is 10.9 Å². The molecule has 7 heteroatoms. The fourth-order valence-electron chi connectivity index (χ4n) is 1.46. The molecule has 0 bridgehead atoms. The Balaban J connectivity index is 2.72. The maximum atomic E-state index is 12.3. The summed E-state index contributed by atoms with van der Waals surface area (Å²) < 4.78 is 47.2. The molecule has 1 aromatic rings. The Morgan fingerprint density at radius 2 is 1.84 bits per heavy atom. The van der Waals surface area contributed by atoms with Crippen LogP contribution in [0.25, 0.3) is 0 Å². The zero-order chi connectivity index (χ0) is 14.5. The van der Waals surface area contributed by atoms with Crippen molar-refractivity contribution < 1.29 is 17.2 Å². The molecule has 0 aromatic heterocycles. The molecule has 0 amide bonds. The first-order valence-corrected chi connectivity index (χ1v) is 8.54. The van der Waals surface area contributed by atoms with Crippen molar-refractivity contribution in [1.29, 1.82) is 0 Å². The minimum atomic E-state index is -4.50. The molecule has 19 heavy (non-hydrogen) atoms. The van der Waals surface area contributed by atoms with Crippen LogP contribution < -0.4 is 5.32 Å². The van der Waals surface area contributed by atoms with Gasteiger partial charge >= 0.3 is 5.76 Å². The summed E-state index contributed by atoms with van der Waals surface area (Å²) in [6.45, 7) is 4.08. The molecule has 1 aromatic carbocycles. The van der Waals surface area contributed by atoms with Crippen LogP contribution in [0.3, 0.4) is 0 Å². The molecule has 0 aliphatic heterocycles. The lowest BCUT2D eigenvalue weighted by molar-refractivity contribution is 0.234. The smallest absolute Gasteiger partial charge is 0.341 e. The number of thioether (sulfide) groups is 1. The highest BCUT2D eigenvalue weighted by atomic mass is 32.2. The van der Waals surface area contributed by atoms with Crippen LogP contribution in [-0.4, -0.2) is 31.7 Å². The van der Waals surface area contributed by atoms with Gasteiger partial charge in [0, 0.05) is 17.5 Å². The summed E-state index contributed by atoms with van der Waals surface area (Å²) in [4.78, 5) is -0.358. The molecule has 1 N–H and O–H groups in total. The van der Waals surface area contributed by atoms with Crippen LogP contribution in [0.5, 0.6) is 0 Å². The Hall–Kier alpha value is -0.820. The number of halogens is 2. The summed E-state index contributed by atoms with van der Waals surface area (Å²) in [5.41, 5.74) is 0.720. The van der Waals surface area contributed by atoms with Crippen LogP contribution in [0, 0.1) is 0 Å². The lowest BCUT2D eigenvalue weighted by Gasteiger charge is -2.14. The zero-order valence-corrected chi connectivity index (χ0v) is 12.4. The summed E-state index contributed by atoms with van der Waals surface area (Å²) in [5.74, 6) is -1.43. The summed E-state index contributed by atoms with van der Waals surface area (Å²) >= 11 is 1.79. The van der Waals surface area contributed by atoms with E-state index < -0.39 is 15.6 Å². The zero-order valence-electron chi connectivity index (χ0n) is 10.8. The highest BCUT2D eigenvalue weighted by Crippen LogP contribution is 2.20. The van der Waals surface area contributed by atoms with Crippen molar-refractivity contribution in [3.8, 4) is 0 Å².